The van der Waals surface area contributed by atoms with Crippen LogP contribution in [0.4, 0.5) is 4.39 Å². The number of ether oxygens (including phenoxy) is 2. The van der Waals surface area contributed by atoms with Gasteiger partial charge in [-0.2, -0.15) is 0 Å². The van der Waals surface area contributed by atoms with E-state index in [0.717, 1.165) is 45.1 Å². The summed E-state index contributed by atoms with van der Waals surface area (Å²) in [7, 11) is 0. The number of likely N-dealkylation sites (tertiary alicyclic amines) is 1. The normalized spacial score (nSPS) is 23.7. The second-order valence-corrected chi connectivity index (χ2v) is 12.3. The lowest BCUT2D eigenvalue weighted by atomic mass is 9.95. The number of benzene rings is 1. The van der Waals surface area contributed by atoms with Crippen LogP contribution in [0.5, 0.6) is 5.88 Å². The standard InChI is InChI=1S/C34H46FN5O5/c1-2-3-4-7-15-39-24-26-22-30(39)34(43)38-16-13-25(14-17-38)23-40(33(42)27-9-5-6-10-28(27)35)18-19-44-20-21-45-31-12-8-11-29(37-31)32(41)36-26/h5-6,8-12,25-26,30H,2-4,7,13-24H2,1H3,(H,36,41)/t26-,30+/m1/s1. The minimum atomic E-state index is -0.545. The highest BCUT2D eigenvalue weighted by atomic mass is 19.1. The lowest BCUT2D eigenvalue weighted by Gasteiger charge is -2.37. The van der Waals surface area contributed by atoms with Gasteiger partial charge in [0.15, 0.2) is 0 Å². The molecule has 0 aliphatic carbocycles. The van der Waals surface area contributed by atoms with Gasteiger partial charge < -0.3 is 24.6 Å². The number of aromatic nitrogens is 1. The zero-order valence-corrected chi connectivity index (χ0v) is 26.3. The Hall–Kier alpha value is -3.57. The van der Waals surface area contributed by atoms with E-state index in [0.29, 0.717) is 45.0 Å². The second kappa shape index (κ2) is 16.1. The van der Waals surface area contributed by atoms with Crippen LogP contribution in [-0.4, -0.2) is 109 Å². The first-order valence-electron chi connectivity index (χ1n) is 16.5. The van der Waals surface area contributed by atoms with E-state index >= 15 is 0 Å². The number of pyridine rings is 1. The van der Waals surface area contributed by atoms with Gasteiger partial charge in [-0.25, -0.2) is 9.37 Å². The number of hydrogen-bond donors (Lipinski definition) is 1. The summed E-state index contributed by atoms with van der Waals surface area (Å²) < 4.78 is 26.1. The van der Waals surface area contributed by atoms with Crippen LogP contribution in [0.25, 0.3) is 0 Å². The third kappa shape index (κ3) is 8.79. The quantitative estimate of drug-likeness (QED) is 0.386. The summed E-state index contributed by atoms with van der Waals surface area (Å²) in [4.78, 5) is 50.8. The van der Waals surface area contributed by atoms with E-state index in [1.165, 1.54) is 12.1 Å². The van der Waals surface area contributed by atoms with Crippen LogP contribution in [0, 0.1) is 11.7 Å². The third-order valence-corrected chi connectivity index (χ3v) is 9.06. The molecule has 10 nitrogen and oxygen atoms in total. The number of fused-ring (bicyclic) bond motifs is 10. The van der Waals surface area contributed by atoms with Crippen molar-refractivity contribution in [3.63, 3.8) is 0 Å². The van der Waals surface area contributed by atoms with Crippen LogP contribution in [0.2, 0.25) is 0 Å². The molecule has 6 rings (SSSR count). The molecule has 0 saturated carbocycles. The first-order chi connectivity index (χ1) is 21.9. The molecular weight excluding hydrogens is 577 g/mol. The van der Waals surface area contributed by atoms with Crippen LogP contribution in [0.1, 0.15) is 72.7 Å². The van der Waals surface area contributed by atoms with Crippen molar-refractivity contribution in [3.05, 3.63) is 59.5 Å². The highest BCUT2D eigenvalue weighted by molar-refractivity contribution is 5.94. The molecule has 4 aliphatic heterocycles. The molecule has 2 atom stereocenters. The fourth-order valence-corrected chi connectivity index (χ4v) is 6.56. The molecule has 0 spiro atoms. The van der Waals surface area contributed by atoms with Crippen molar-refractivity contribution < 1.29 is 28.2 Å². The van der Waals surface area contributed by atoms with Crippen molar-refractivity contribution in [2.75, 3.05) is 59.1 Å². The molecule has 4 aliphatic rings. The Kier molecular flexibility index (Phi) is 11.8. The molecule has 2 fully saturated rings. The number of nitrogens with zero attached hydrogens (tertiary/aromatic N) is 4. The number of hydrogen-bond acceptors (Lipinski definition) is 7. The Labute approximate surface area is 265 Å². The number of carbonyl (C=O) groups excluding carboxylic acids is 3. The van der Waals surface area contributed by atoms with Crippen LogP contribution < -0.4 is 10.1 Å². The van der Waals surface area contributed by atoms with Gasteiger partial charge in [0.25, 0.3) is 11.8 Å². The van der Waals surface area contributed by atoms with Gasteiger partial charge in [0.1, 0.15) is 18.1 Å². The second-order valence-electron chi connectivity index (χ2n) is 12.3. The fourth-order valence-electron chi connectivity index (χ4n) is 6.56. The zero-order chi connectivity index (χ0) is 31.6. The molecule has 6 bridgehead atoms. The van der Waals surface area contributed by atoms with Gasteiger partial charge in [0, 0.05) is 44.8 Å². The van der Waals surface area contributed by atoms with E-state index in [4.69, 9.17) is 9.47 Å². The SMILES string of the molecule is CCCCCCN1C[C@H]2C[C@H]1C(=O)N1CCC(CC1)CN(C(=O)c1ccccc1F)CCOCCOc1cccc(n1)C(=O)N2. The summed E-state index contributed by atoms with van der Waals surface area (Å²) in [5.41, 5.74) is 0.302. The lowest BCUT2D eigenvalue weighted by Crippen LogP contribution is -2.49. The maximum absolute atomic E-state index is 14.6. The summed E-state index contributed by atoms with van der Waals surface area (Å²) in [6.45, 7) is 6.33. The third-order valence-electron chi connectivity index (χ3n) is 9.06. The number of nitrogens with one attached hydrogen (secondary N) is 1. The first kappa shape index (κ1) is 32.8. The van der Waals surface area contributed by atoms with Crippen molar-refractivity contribution >= 4 is 17.7 Å². The minimum absolute atomic E-state index is 0.0443. The Morgan fingerprint density at radius 2 is 1.80 bits per heavy atom. The predicted molar refractivity (Wildman–Crippen MR) is 168 cm³/mol. The molecule has 0 radical (unpaired) electrons. The minimum Gasteiger partial charge on any atom is -0.475 e. The smallest absolute Gasteiger partial charge is 0.270 e. The average Bonchev–Trinajstić information content (AvgIpc) is 3.46. The van der Waals surface area contributed by atoms with E-state index in [1.54, 1.807) is 35.2 Å². The van der Waals surface area contributed by atoms with Gasteiger partial charge in [-0.05, 0) is 56.3 Å². The lowest BCUT2D eigenvalue weighted by molar-refractivity contribution is -0.137. The summed E-state index contributed by atoms with van der Waals surface area (Å²) in [5, 5.41) is 3.12. The summed E-state index contributed by atoms with van der Waals surface area (Å²) >= 11 is 0. The first-order valence-corrected chi connectivity index (χ1v) is 16.5. The highest BCUT2D eigenvalue weighted by Gasteiger charge is 2.40. The van der Waals surface area contributed by atoms with Crippen molar-refractivity contribution in [1.29, 1.82) is 0 Å². The van der Waals surface area contributed by atoms with Gasteiger partial charge >= 0.3 is 0 Å². The van der Waals surface area contributed by atoms with Crippen LogP contribution in [0.3, 0.4) is 0 Å². The fraction of sp³-hybridized carbons (Fsp3) is 0.588. The largest absolute Gasteiger partial charge is 0.475 e. The van der Waals surface area contributed by atoms with Crippen molar-refractivity contribution in [1.82, 2.24) is 25.0 Å². The maximum Gasteiger partial charge on any atom is 0.270 e. The monoisotopic (exact) mass is 623 g/mol. The molecule has 244 valence electrons. The van der Waals surface area contributed by atoms with E-state index < -0.39 is 5.82 Å². The molecule has 5 heterocycles. The number of rotatable bonds is 6. The van der Waals surface area contributed by atoms with E-state index in [-0.39, 0.29) is 66.8 Å². The van der Waals surface area contributed by atoms with Gasteiger partial charge in [-0.3, -0.25) is 19.3 Å². The Balaban J connectivity index is 1.33. The Morgan fingerprint density at radius 1 is 0.978 bits per heavy atom. The average molecular weight is 624 g/mol. The van der Waals surface area contributed by atoms with E-state index in [1.807, 2.05) is 4.90 Å². The molecule has 1 aromatic carbocycles. The molecule has 2 aromatic rings. The molecule has 0 unspecified atom stereocenters. The van der Waals surface area contributed by atoms with Crippen molar-refractivity contribution in [2.45, 2.75) is 64.0 Å². The highest BCUT2D eigenvalue weighted by Crippen LogP contribution is 2.26. The molecular formula is C34H46FN5O5. The van der Waals surface area contributed by atoms with E-state index in [2.05, 4.69) is 22.1 Å². The van der Waals surface area contributed by atoms with Gasteiger partial charge in [-0.15, -0.1) is 0 Å². The molecule has 45 heavy (non-hydrogen) atoms. The number of piperidine rings is 1. The molecule has 2 saturated heterocycles. The number of unbranched alkanes of at least 4 members (excludes halogenated alkanes) is 3. The molecule has 1 N–H and O–H groups in total. The van der Waals surface area contributed by atoms with Crippen LogP contribution >= 0.6 is 0 Å². The molecule has 1 aromatic heterocycles. The number of halogens is 1. The topological polar surface area (TPSA) is 104 Å². The summed E-state index contributed by atoms with van der Waals surface area (Å²) in [6, 6.07) is 10.7. The van der Waals surface area contributed by atoms with Gasteiger partial charge in [0.05, 0.1) is 24.8 Å². The molecule has 11 heteroatoms. The zero-order valence-electron chi connectivity index (χ0n) is 26.3. The van der Waals surface area contributed by atoms with Crippen molar-refractivity contribution in [3.8, 4) is 5.88 Å². The van der Waals surface area contributed by atoms with Crippen LogP contribution in [-0.2, 0) is 9.53 Å². The van der Waals surface area contributed by atoms with Crippen molar-refractivity contribution in [2.24, 2.45) is 5.92 Å². The number of carbonyl (C=O) groups is 3. The summed E-state index contributed by atoms with van der Waals surface area (Å²) in [6.07, 6.45) is 6.49. The predicted octanol–water partition coefficient (Wildman–Crippen LogP) is 3.76. The Morgan fingerprint density at radius 3 is 2.60 bits per heavy atom. The maximum atomic E-state index is 14.6. The van der Waals surface area contributed by atoms with Gasteiger partial charge in [0.2, 0.25) is 11.8 Å². The summed E-state index contributed by atoms with van der Waals surface area (Å²) in [5.74, 6) is -0.592. The number of amides is 3. The van der Waals surface area contributed by atoms with E-state index in [9.17, 15) is 18.8 Å². The van der Waals surface area contributed by atoms with Crippen LogP contribution in [0.15, 0.2) is 42.5 Å². The van der Waals surface area contributed by atoms with Gasteiger partial charge in [-0.1, -0.05) is 44.4 Å². The molecule has 3 amide bonds. The Bertz CT molecular complexity index is 1300.